The summed E-state index contributed by atoms with van der Waals surface area (Å²) in [7, 11) is 0. The summed E-state index contributed by atoms with van der Waals surface area (Å²) in [5.74, 6) is 1.83. The van der Waals surface area contributed by atoms with Gasteiger partial charge < -0.3 is 0 Å². The van der Waals surface area contributed by atoms with Gasteiger partial charge in [0.1, 0.15) is 0 Å². The number of aromatic nitrogens is 1. The number of pyridine rings is 1. The van der Waals surface area contributed by atoms with E-state index in [1.54, 1.807) is 11.1 Å². The van der Waals surface area contributed by atoms with E-state index in [4.69, 9.17) is 0 Å². The van der Waals surface area contributed by atoms with Crippen LogP contribution in [0.1, 0.15) is 154 Å². The van der Waals surface area contributed by atoms with Gasteiger partial charge in [-0.15, -0.1) is 0 Å². The van der Waals surface area contributed by atoms with Gasteiger partial charge in [-0.25, -0.2) is 0 Å². The molecule has 0 amide bonds. The molecule has 0 radical (unpaired) electrons. The van der Waals surface area contributed by atoms with Crippen molar-refractivity contribution in [2.24, 2.45) is 11.8 Å². The van der Waals surface area contributed by atoms with Crippen molar-refractivity contribution >= 4 is 5.57 Å². The third kappa shape index (κ3) is 14.7. The van der Waals surface area contributed by atoms with E-state index >= 15 is 0 Å². The molecule has 0 N–H and O–H groups in total. The van der Waals surface area contributed by atoms with Crippen LogP contribution in [0.4, 0.5) is 0 Å². The Hall–Kier alpha value is -3.97. The number of rotatable bonds is 10. The molecule has 54 heavy (non-hydrogen) atoms. The van der Waals surface area contributed by atoms with Crippen molar-refractivity contribution in [3.8, 4) is 11.3 Å². The number of hydrogen-bond donors (Lipinski definition) is 0. The first kappa shape index (κ1) is 48.0. The van der Waals surface area contributed by atoms with Gasteiger partial charge in [0, 0.05) is 11.8 Å². The largest absolute Gasteiger partial charge is 0.256 e. The molecule has 2 atom stereocenters. The Morgan fingerprint density at radius 3 is 1.85 bits per heavy atom. The first-order chi connectivity index (χ1) is 26.1. The van der Waals surface area contributed by atoms with Gasteiger partial charge in [-0.05, 0) is 155 Å². The van der Waals surface area contributed by atoms with Crippen molar-refractivity contribution in [1.29, 1.82) is 0 Å². The second kappa shape index (κ2) is 26.7. The number of nitrogens with zero attached hydrogens (tertiary/aromatic N) is 1. The van der Waals surface area contributed by atoms with E-state index < -0.39 is 0 Å². The van der Waals surface area contributed by atoms with E-state index in [0.717, 1.165) is 24.0 Å². The first-order valence-corrected chi connectivity index (χ1v) is 21.2. The third-order valence-corrected chi connectivity index (χ3v) is 10.8. The Morgan fingerprint density at radius 2 is 1.33 bits per heavy atom. The molecule has 294 valence electrons. The summed E-state index contributed by atoms with van der Waals surface area (Å²) in [6.45, 7) is 34.5. The van der Waals surface area contributed by atoms with Crippen LogP contribution in [0.3, 0.4) is 0 Å². The summed E-state index contributed by atoms with van der Waals surface area (Å²) in [4.78, 5) is 4.44. The second-order valence-corrected chi connectivity index (χ2v) is 14.3. The molecule has 1 heteroatoms. The van der Waals surface area contributed by atoms with Gasteiger partial charge in [0.2, 0.25) is 0 Å². The Bertz CT molecular complexity index is 1680. The number of benzene rings is 1. The lowest BCUT2D eigenvalue weighted by Gasteiger charge is -2.31. The summed E-state index contributed by atoms with van der Waals surface area (Å²) < 4.78 is 0. The van der Waals surface area contributed by atoms with Crippen LogP contribution in [0.25, 0.3) is 16.8 Å². The quantitative estimate of drug-likeness (QED) is 0.175. The second-order valence-electron chi connectivity index (χ2n) is 14.3. The van der Waals surface area contributed by atoms with Gasteiger partial charge in [-0.2, -0.15) is 0 Å². The highest BCUT2D eigenvalue weighted by molar-refractivity contribution is 5.83. The van der Waals surface area contributed by atoms with Crippen molar-refractivity contribution in [2.75, 3.05) is 0 Å². The Kier molecular flexibility index (Phi) is 23.8. The van der Waals surface area contributed by atoms with Crippen LogP contribution >= 0.6 is 0 Å². The minimum absolute atomic E-state index is 0.917. The van der Waals surface area contributed by atoms with E-state index in [0.29, 0.717) is 0 Å². The minimum atomic E-state index is 0.917. The molecule has 2 aromatic rings. The van der Waals surface area contributed by atoms with Crippen LogP contribution in [0.5, 0.6) is 0 Å². The standard InChI is InChI=1S/C22H28.C19H19N.C8H18.2C2H6/c1-6-9-18(8-3)19(10-7-2)13-16(4)22-15-21-12-11-20(21)14-17(22)5;1-14-7-5-8-15(2)19(14)17-10-6-9-16(13-17)18-11-3-4-12-20-18;1-5-7(3)8(4)6-2;2*1-2/h6-10,13H,4,11-12,14-15H2,1-3,5H3;3-4,6-7,9-13H,5,8H2,1-2H3;7-8H,5-6H2,1-4H3;2*1-2H3/b9-6-,10-7-,18-8+,19-13+;;;;. The molecule has 0 fully saturated rings. The Morgan fingerprint density at radius 1 is 0.741 bits per heavy atom. The topological polar surface area (TPSA) is 12.9 Å². The summed E-state index contributed by atoms with van der Waals surface area (Å²) in [5, 5.41) is 0. The zero-order chi connectivity index (χ0) is 40.6. The van der Waals surface area contributed by atoms with Gasteiger partial charge >= 0.3 is 0 Å². The highest BCUT2D eigenvalue weighted by atomic mass is 14.7. The molecule has 1 aromatic heterocycles. The van der Waals surface area contributed by atoms with E-state index in [1.807, 2.05) is 46.0 Å². The van der Waals surface area contributed by atoms with Gasteiger partial charge in [0.05, 0.1) is 5.69 Å². The average Bonchev–Trinajstić information content (AvgIpc) is 3.20. The fourth-order valence-corrected chi connectivity index (χ4v) is 7.02. The molecule has 0 bridgehead atoms. The van der Waals surface area contributed by atoms with Crippen molar-refractivity contribution in [3.63, 3.8) is 0 Å². The smallest absolute Gasteiger partial charge is 0.0702 e. The summed E-state index contributed by atoms with van der Waals surface area (Å²) >= 11 is 0. The minimum Gasteiger partial charge on any atom is -0.256 e. The molecule has 0 aliphatic heterocycles. The lowest BCUT2D eigenvalue weighted by molar-refractivity contribution is 0.367. The Labute approximate surface area is 334 Å². The van der Waals surface area contributed by atoms with Crippen molar-refractivity contribution in [3.05, 3.63) is 153 Å². The highest BCUT2D eigenvalue weighted by Gasteiger charge is 2.24. The maximum Gasteiger partial charge on any atom is 0.0702 e. The molecular weight excluding hydrogens is 651 g/mol. The molecule has 0 spiro atoms. The van der Waals surface area contributed by atoms with Crippen LogP contribution in [-0.4, -0.2) is 4.98 Å². The van der Waals surface area contributed by atoms with Gasteiger partial charge in [0.15, 0.2) is 0 Å². The average molecular weight is 728 g/mol. The lowest BCUT2D eigenvalue weighted by Crippen LogP contribution is -2.12. The summed E-state index contributed by atoms with van der Waals surface area (Å²) in [6, 6.07) is 14.8. The number of allylic oxidation sites excluding steroid dienone is 17. The van der Waals surface area contributed by atoms with Crippen LogP contribution in [-0.2, 0) is 0 Å². The molecule has 1 heterocycles. The molecule has 0 saturated heterocycles. The zero-order valence-corrected chi connectivity index (χ0v) is 37.1. The summed E-state index contributed by atoms with van der Waals surface area (Å²) in [5.41, 5.74) is 17.8. The Balaban J connectivity index is 0.000000420. The normalized spacial score (nSPS) is 16.7. The fourth-order valence-electron chi connectivity index (χ4n) is 7.02. The van der Waals surface area contributed by atoms with Gasteiger partial charge in [-0.1, -0.05) is 158 Å². The third-order valence-electron chi connectivity index (χ3n) is 10.8. The van der Waals surface area contributed by atoms with Crippen molar-refractivity contribution in [2.45, 2.75) is 148 Å². The van der Waals surface area contributed by atoms with Crippen molar-refractivity contribution in [1.82, 2.24) is 4.98 Å². The molecular formula is C53H77N. The van der Waals surface area contributed by atoms with Crippen molar-refractivity contribution < 1.29 is 0 Å². The SMILES string of the molecule is C=C(/C=C(\C=C/C)C(/C=C\C)=C/C)C1=C(C)CC2=C(CC2)C1.CC.CC.CC1=CCCC(C)=C1c1cccc(-c2ccccn2)c1.CCC(C)C(C)CC. The van der Waals surface area contributed by atoms with Crippen LogP contribution in [0.15, 0.2) is 148 Å². The molecule has 5 rings (SSSR count). The predicted octanol–water partition coefficient (Wildman–Crippen LogP) is 17.2. The zero-order valence-electron chi connectivity index (χ0n) is 37.1. The van der Waals surface area contributed by atoms with E-state index in [1.165, 1.54) is 101 Å². The summed E-state index contributed by atoms with van der Waals surface area (Å²) in [6.07, 6.45) is 27.0. The molecule has 3 aliphatic carbocycles. The van der Waals surface area contributed by atoms with Crippen LogP contribution in [0.2, 0.25) is 0 Å². The molecule has 1 nitrogen and oxygen atoms in total. The van der Waals surface area contributed by atoms with E-state index in [9.17, 15) is 0 Å². The molecule has 0 saturated carbocycles. The predicted molar refractivity (Wildman–Crippen MR) is 246 cm³/mol. The van der Waals surface area contributed by atoms with E-state index in [-0.39, 0.29) is 0 Å². The van der Waals surface area contributed by atoms with E-state index in [2.05, 4.69) is 154 Å². The van der Waals surface area contributed by atoms with Crippen LogP contribution < -0.4 is 0 Å². The highest BCUT2D eigenvalue weighted by Crippen LogP contribution is 2.44. The van der Waals surface area contributed by atoms with Gasteiger partial charge in [0.25, 0.3) is 0 Å². The van der Waals surface area contributed by atoms with Crippen LogP contribution in [0, 0.1) is 11.8 Å². The molecule has 1 aromatic carbocycles. The maximum absolute atomic E-state index is 4.44. The lowest BCUT2D eigenvalue weighted by atomic mass is 9.74. The maximum atomic E-state index is 4.44. The fraction of sp³-hybridized carbons (Fsp3) is 0.453. The molecule has 3 aliphatic rings. The molecule has 2 unspecified atom stereocenters. The first-order valence-electron chi connectivity index (χ1n) is 21.2. The number of hydrogen-bond acceptors (Lipinski definition) is 1. The van der Waals surface area contributed by atoms with Gasteiger partial charge in [-0.3, -0.25) is 4.98 Å². The monoisotopic (exact) mass is 728 g/mol.